The highest BCUT2D eigenvalue weighted by Crippen LogP contribution is 2.39. The molecule has 0 bridgehead atoms. The van der Waals surface area contributed by atoms with Crippen molar-refractivity contribution < 1.29 is 14.3 Å². The number of halogens is 2. The van der Waals surface area contributed by atoms with E-state index in [1.165, 1.54) is 0 Å². The van der Waals surface area contributed by atoms with Gasteiger partial charge in [0.15, 0.2) is 0 Å². The summed E-state index contributed by atoms with van der Waals surface area (Å²) in [5, 5.41) is 1.10. The lowest BCUT2D eigenvalue weighted by molar-refractivity contribution is -0.0985. The van der Waals surface area contributed by atoms with Crippen LogP contribution in [-0.4, -0.2) is 62.1 Å². The van der Waals surface area contributed by atoms with Crippen LogP contribution in [0.25, 0.3) is 0 Å². The van der Waals surface area contributed by atoms with Gasteiger partial charge in [0.2, 0.25) is 0 Å². The SMILES string of the molecule is COc1cccc(C(=O)N2CCN3C[C@@](OC)(c4ccc(Cl)cc4)CC[C@@H]3C2)c1Cl. The van der Waals surface area contributed by atoms with Crippen LogP contribution in [0, 0.1) is 0 Å². The molecule has 2 atom stereocenters. The number of hydrogen-bond donors (Lipinski definition) is 0. The van der Waals surface area contributed by atoms with Gasteiger partial charge >= 0.3 is 0 Å². The Hall–Kier alpha value is -1.79. The fourth-order valence-electron chi connectivity index (χ4n) is 4.64. The number of carbonyl (C=O) groups is 1. The highest BCUT2D eigenvalue weighted by molar-refractivity contribution is 6.35. The monoisotopic (exact) mass is 448 g/mol. The summed E-state index contributed by atoms with van der Waals surface area (Å²) in [4.78, 5) is 17.5. The number of piperazine rings is 1. The molecule has 2 aliphatic heterocycles. The van der Waals surface area contributed by atoms with E-state index in [9.17, 15) is 4.79 Å². The second-order valence-corrected chi connectivity index (χ2v) is 8.76. The van der Waals surface area contributed by atoms with Gasteiger partial charge in [0.05, 0.1) is 17.7 Å². The van der Waals surface area contributed by atoms with Crippen LogP contribution in [0.2, 0.25) is 10.0 Å². The molecule has 0 unspecified atom stereocenters. The van der Waals surface area contributed by atoms with Gasteiger partial charge in [-0.2, -0.15) is 0 Å². The van der Waals surface area contributed by atoms with E-state index < -0.39 is 0 Å². The number of methoxy groups -OCH3 is 2. The van der Waals surface area contributed by atoms with Crippen molar-refractivity contribution >= 4 is 29.1 Å². The first-order chi connectivity index (χ1) is 14.5. The van der Waals surface area contributed by atoms with Crippen molar-refractivity contribution in [1.82, 2.24) is 9.80 Å². The number of ether oxygens (including phenoxy) is 2. The van der Waals surface area contributed by atoms with Crippen LogP contribution in [0.15, 0.2) is 42.5 Å². The Morgan fingerprint density at radius 1 is 1.10 bits per heavy atom. The molecule has 4 rings (SSSR count). The lowest BCUT2D eigenvalue weighted by Crippen LogP contribution is -2.61. The normalized spacial score (nSPS) is 24.4. The average Bonchev–Trinajstić information content (AvgIpc) is 2.78. The maximum Gasteiger partial charge on any atom is 0.255 e. The molecule has 7 heteroatoms. The Bertz CT molecular complexity index is 921. The summed E-state index contributed by atoms with van der Waals surface area (Å²) in [6, 6.07) is 13.6. The first-order valence-corrected chi connectivity index (χ1v) is 10.9. The maximum absolute atomic E-state index is 13.1. The third-order valence-corrected chi connectivity index (χ3v) is 7.05. The number of benzene rings is 2. The van der Waals surface area contributed by atoms with Crippen LogP contribution >= 0.6 is 23.2 Å². The van der Waals surface area contributed by atoms with E-state index in [0.29, 0.717) is 35.5 Å². The van der Waals surface area contributed by atoms with Crippen LogP contribution in [0.3, 0.4) is 0 Å². The van der Waals surface area contributed by atoms with Crippen LogP contribution in [0.5, 0.6) is 5.75 Å². The zero-order chi connectivity index (χ0) is 21.3. The van der Waals surface area contributed by atoms with Gasteiger partial charge < -0.3 is 14.4 Å². The predicted molar refractivity (Wildman–Crippen MR) is 119 cm³/mol. The molecule has 0 spiro atoms. The third kappa shape index (κ3) is 3.92. The van der Waals surface area contributed by atoms with E-state index in [-0.39, 0.29) is 11.5 Å². The molecule has 2 aromatic rings. The minimum atomic E-state index is -0.344. The van der Waals surface area contributed by atoms with Gasteiger partial charge in [-0.1, -0.05) is 41.4 Å². The van der Waals surface area contributed by atoms with Gasteiger partial charge in [0, 0.05) is 44.4 Å². The molecule has 2 fully saturated rings. The third-order valence-electron chi connectivity index (χ3n) is 6.41. The topological polar surface area (TPSA) is 42.0 Å². The summed E-state index contributed by atoms with van der Waals surface area (Å²) in [6.07, 6.45) is 1.85. The fraction of sp³-hybridized carbons (Fsp3) is 0.435. The van der Waals surface area contributed by atoms with Crippen LogP contribution in [0.1, 0.15) is 28.8 Å². The molecule has 160 valence electrons. The summed E-state index contributed by atoms with van der Waals surface area (Å²) in [5.41, 5.74) is 1.30. The lowest BCUT2D eigenvalue weighted by atomic mass is 9.82. The molecule has 5 nitrogen and oxygen atoms in total. The zero-order valence-corrected chi connectivity index (χ0v) is 18.7. The molecule has 1 amide bonds. The maximum atomic E-state index is 13.1. The molecular weight excluding hydrogens is 423 g/mol. The van der Waals surface area contributed by atoms with Crippen molar-refractivity contribution in [2.75, 3.05) is 40.4 Å². The van der Waals surface area contributed by atoms with Crippen molar-refractivity contribution in [3.8, 4) is 5.75 Å². The second kappa shape index (κ2) is 8.75. The van der Waals surface area contributed by atoms with Gasteiger partial charge in [-0.3, -0.25) is 9.69 Å². The number of amides is 1. The lowest BCUT2D eigenvalue weighted by Gasteiger charge is -2.50. The molecule has 2 aromatic carbocycles. The van der Waals surface area contributed by atoms with Gasteiger partial charge in [0.1, 0.15) is 11.4 Å². The molecule has 0 N–H and O–H groups in total. The Labute approximate surface area is 187 Å². The van der Waals surface area contributed by atoms with Gasteiger partial charge in [-0.05, 0) is 42.7 Å². The van der Waals surface area contributed by atoms with Crippen molar-refractivity contribution in [1.29, 1.82) is 0 Å². The number of nitrogens with zero attached hydrogens (tertiary/aromatic N) is 2. The van der Waals surface area contributed by atoms with Crippen molar-refractivity contribution in [2.24, 2.45) is 0 Å². The largest absolute Gasteiger partial charge is 0.495 e. The molecule has 0 saturated carbocycles. The van der Waals surface area contributed by atoms with E-state index in [2.05, 4.69) is 17.0 Å². The molecule has 2 saturated heterocycles. The van der Waals surface area contributed by atoms with Crippen LogP contribution < -0.4 is 4.74 Å². The zero-order valence-electron chi connectivity index (χ0n) is 17.2. The number of hydrogen-bond acceptors (Lipinski definition) is 4. The van der Waals surface area contributed by atoms with E-state index in [4.69, 9.17) is 32.7 Å². The standard InChI is InChI=1S/C23H26Cl2N2O3/c1-29-20-5-3-4-19(21(20)25)22(28)26-12-13-27-15-23(30-2,11-10-18(27)14-26)16-6-8-17(24)9-7-16/h3-9,18H,10-15H2,1-2H3/t18-,23-/m1/s1. The number of fused-ring (bicyclic) bond motifs is 1. The molecule has 0 aliphatic carbocycles. The highest BCUT2D eigenvalue weighted by Gasteiger charge is 2.43. The summed E-state index contributed by atoms with van der Waals surface area (Å²) >= 11 is 12.5. The second-order valence-electron chi connectivity index (χ2n) is 7.94. The summed E-state index contributed by atoms with van der Waals surface area (Å²) < 4.78 is 11.3. The minimum absolute atomic E-state index is 0.0418. The fourth-order valence-corrected chi connectivity index (χ4v) is 5.05. The van der Waals surface area contributed by atoms with Gasteiger partial charge in [0.25, 0.3) is 5.91 Å². The van der Waals surface area contributed by atoms with Gasteiger partial charge in [-0.25, -0.2) is 0 Å². The smallest absolute Gasteiger partial charge is 0.255 e. The van der Waals surface area contributed by atoms with E-state index in [1.54, 1.807) is 32.4 Å². The first kappa shape index (κ1) is 21.4. The first-order valence-electron chi connectivity index (χ1n) is 10.1. The highest BCUT2D eigenvalue weighted by atomic mass is 35.5. The van der Waals surface area contributed by atoms with Crippen LogP contribution in [0.4, 0.5) is 0 Å². The van der Waals surface area contributed by atoms with Gasteiger partial charge in [-0.15, -0.1) is 0 Å². The number of carbonyl (C=O) groups excluding carboxylic acids is 1. The Balaban J connectivity index is 1.48. The van der Waals surface area contributed by atoms with E-state index >= 15 is 0 Å². The quantitative estimate of drug-likeness (QED) is 0.691. The van der Waals surface area contributed by atoms with Crippen LogP contribution in [-0.2, 0) is 10.3 Å². The molecule has 0 radical (unpaired) electrons. The predicted octanol–water partition coefficient (Wildman–Crippen LogP) is 4.46. The number of piperidine rings is 1. The summed E-state index contributed by atoms with van der Waals surface area (Å²) in [5.74, 6) is 0.478. The van der Waals surface area contributed by atoms with E-state index in [0.717, 1.165) is 36.5 Å². The molecule has 2 aliphatic rings. The number of rotatable bonds is 4. The molecule has 0 aromatic heterocycles. The Kier molecular flexibility index (Phi) is 6.26. The molecule has 30 heavy (non-hydrogen) atoms. The minimum Gasteiger partial charge on any atom is -0.495 e. The molecular formula is C23H26Cl2N2O3. The van der Waals surface area contributed by atoms with E-state index in [1.807, 2.05) is 17.0 Å². The summed E-state index contributed by atoms with van der Waals surface area (Å²) in [6.45, 7) is 2.95. The van der Waals surface area contributed by atoms with Crippen molar-refractivity contribution in [3.63, 3.8) is 0 Å². The Morgan fingerprint density at radius 2 is 1.87 bits per heavy atom. The van der Waals surface area contributed by atoms with Crippen molar-refractivity contribution in [3.05, 3.63) is 63.6 Å². The molecule has 2 heterocycles. The summed E-state index contributed by atoms with van der Waals surface area (Å²) in [7, 11) is 3.33. The average molecular weight is 449 g/mol. The van der Waals surface area contributed by atoms with Crippen molar-refractivity contribution in [2.45, 2.75) is 24.5 Å². The Morgan fingerprint density at radius 3 is 2.57 bits per heavy atom.